The Bertz CT molecular complexity index is 921. The summed E-state index contributed by atoms with van der Waals surface area (Å²) in [7, 11) is 0. The molecule has 1 nitrogen and oxygen atoms in total. The van der Waals surface area contributed by atoms with Gasteiger partial charge in [-0.25, -0.2) is 4.39 Å². The third-order valence-corrected chi connectivity index (χ3v) is 3.69. The van der Waals surface area contributed by atoms with Crippen LogP contribution in [0.4, 0.5) is 4.39 Å². The molecule has 1 aromatic heterocycles. The van der Waals surface area contributed by atoms with Crippen molar-refractivity contribution in [1.82, 2.24) is 4.98 Å². The number of aromatic amines is 1. The molecule has 2 heteroatoms. The lowest BCUT2D eigenvalue weighted by Gasteiger charge is -1.98. The molecular weight excluding hydrogens is 249 g/mol. The summed E-state index contributed by atoms with van der Waals surface area (Å²) in [5.74, 6) is -0.205. The van der Waals surface area contributed by atoms with E-state index in [-0.39, 0.29) is 5.82 Å². The Kier molecular flexibility index (Phi) is 2.36. The first-order valence-corrected chi connectivity index (χ1v) is 6.58. The summed E-state index contributed by atoms with van der Waals surface area (Å²) in [6.07, 6.45) is 0. The summed E-state index contributed by atoms with van der Waals surface area (Å²) in [6, 6.07) is 21.2. The van der Waals surface area contributed by atoms with Crippen LogP contribution in [0.5, 0.6) is 0 Å². The lowest BCUT2D eigenvalue weighted by Crippen LogP contribution is -1.82. The number of nitrogens with one attached hydrogen (secondary N) is 1. The number of halogens is 1. The second kappa shape index (κ2) is 4.20. The van der Waals surface area contributed by atoms with Crippen LogP contribution in [-0.4, -0.2) is 4.98 Å². The van der Waals surface area contributed by atoms with Crippen LogP contribution in [0.25, 0.3) is 32.9 Å². The van der Waals surface area contributed by atoms with E-state index in [1.54, 1.807) is 12.1 Å². The fourth-order valence-electron chi connectivity index (χ4n) is 2.71. The first kappa shape index (κ1) is 11.2. The topological polar surface area (TPSA) is 15.8 Å². The summed E-state index contributed by atoms with van der Waals surface area (Å²) in [5.41, 5.74) is 2.45. The first-order valence-electron chi connectivity index (χ1n) is 6.58. The summed E-state index contributed by atoms with van der Waals surface area (Å²) < 4.78 is 13.9. The Labute approximate surface area is 115 Å². The van der Waals surface area contributed by atoms with E-state index in [1.807, 2.05) is 30.3 Å². The van der Waals surface area contributed by atoms with Gasteiger partial charge in [0, 0.05) is 22.2 Å². The predicted molar refractivity (Wildman–Crippen MR) is 81.2 cm³/mol. The average molecular weight is 261 g/mol. The van der Waals surface area contributed by atoms with Gasteiger partial charge in [0.05, 0.1) is 0 Å². The van der Waals surface area contributed by atoms with Crippen LogP contribution in [0.3, 0.4) is 0 Å². The molecule has 20 heavy (non-hydrogen) atoms. The maximum Gasteiger partial charge on any atom is 0.132 e. The largest absolute Gasteiger partial charge is 0.354 e. The van der Waals surface area contributed by atoms with Gasteiger partial charge >= 0.3 is 0 Å². The smallest absolute Gasteiger partial charge is 0.132 e. The second-order valence-electron chi connectivity index (χ2n) is 4.91. The van der Waals surface area contributed by atoms with Gasteiger partial charge in [0.1, 0.15) is 5.82 Å². The molecule has 4 aromatic rings. The fourth-order valence-corrected chi connectivity index (χ4v) is 2.71. The molecule has 0 unspecified atom stereocenters. The van der Waals surface area contributed by atoms with E-state index in [9.17, 15) is 4.39 Å². The van der Waals surface area contributed by atoms with Crippen LogP contribution >= 0.6 is 0 Å². The third-order valence-electron chi connectivity index (χ3n) is 3.69. The number of benzene rings is 3. The van der Waals surface area contributed by atoms with Gasteiger partial charge in [0.25, 0.3) is 0 Å². The SMILES string of the molecule is Fc1ccccc1-c1cc2c(ccc3ccccc32)[nH]1. The van der Waals surface area contributed by atoms with Gasteiger partial charge in [-0.15, -0.1) is 0 Å². The molecule has 0 aliphatic heterocycles. The Morgan fingerprint density at radius 1 is 0.750 bits per heavy atom. The molecule has 0 bridgehead atoms. The molecule has 0 spiro atoms. The number of hydrogen-bond donors (Lipinski definition) is 1. The highest BCUT2D eigenvalue weighted by Gasteiger charge is 2.09. The number of H-pyrrole nitrogens is 1. The lowest BCUT2D eigenvalue weighted by atomic mass is 10.1. The van der Waals surface area contributed by atoms with Crippen molar-refractivity contribution < 1.29 is 4.39 Å². The van der Waals surface area contributed by atoms with Gasteiger partial charge in [0.2, 0.25) is 0 Å². The fraction of sp³-hybridized carbons (Fsp3) is 0. The molecule has 0 amide bonds. The Balaban J connectivity index is 2.04. The standard InChI is InChI=1S/C18H12FN/c19-16-8-4-3-7-14(16)18-11-15-13-6-2-1-5-12(13)9-10-17(15)20-18/h1-11,20H. The molecule has 0 aliphatic rings. The molecule has 0 atom stereocenters. The summed E-state index contributed by atoms with van der Waals surface area (Å²) in [4.78, 5) is 3.30. The Morgan fingerprint density at radius 2 is 1.55 bits per heavy atom. The average Bonchev–Trinajstić information content (AvgIpc) is 2.92. The van der Waals surface area contributed by atoms with Crippen LogP contribution in [0, 0.1) is 5.82 Å². The van der Waals surface area contributed by atoms with Crippen LogP contribution in [-0.2, 0) is 0 Å². The van der Waals surface area contributed by atoms with Crippen molar-refractivity contribution in [3.05, 3.63) is 72.5 Å². The van der Waals surface area contributed by atoms with Crippen molar-refractivity contribution in [3.63, 3.8) is 0 Å². The minimum absolute atomic E-state index is 0.205. The summed E-state index contributed by atoms with van der Waals surface area (Å²) in [6.45, 7) is 0. The van der Waals surface area contributed by atoms with Crippen molar-refractivity contribution in [1.29, 1.82) is 0 Å². The highest BCUT2D eigenvalue weighted by atomic mass is 19.1. The van der Waals surface area contributed by atoms with Gasteiger partial charge in [-0.2, -0.15) is 0 Å². The number of rotatable bonds is 1. The molecule has 4 rings (SSSR count). The van der Waals surface area contributed by atoms with Gasteiger partial charge in [0.15, 0.2) is 0 Å². The molecule has 1 N–H and O–H groups in total. The zero-order chi connectivity index (χ0) is 13.5. The molecule has 0 fully saturated rings. The van der Waals surface area contributed by atoms with Gasteiger partial charge < -0.3 is 4.98 Å². The molecule has 3 aromatic carbocycles. The van der Waals surface area contributed by atoms with Crippen molar-refractivity contribution in [3.8, 4) is 11.3 Å². The van der Waals surface area contributed by atoms with Crippen molar-refractivity contribution in [2.45, 2.75) is 0 Å². The second-order valence-corrected chi connectivity index (χ2v) is 4.91. The van der Waals surface area contributed by atoms with Crippen LogP contribution < -0.4 is 0 Å². The van der Waals surface area contributed by atoms with E-state index >= 15 is 0 Å². The molecule has 96 valence electrons. The minimum atomic E-state index is -0.205. The van der Waals surface area contributed by atoms with Gasteiger partial charge in [-0.1, -0.05) is 42.5 Å². The Morgan fingerprint density at radius 3 is 2.45 bits per heavy atom. The van der Waals surface area contributed by atoms with E-state index < -0.39 is 0 Å². The van der Waals surface area contributed by atoms with E-state index in [4.69, 9.17) is 0 Å². The van der Waals surface area contributed by atoms with E-state index in [0.717, 1.165) is 16.6 Å². The summed E-state index contributed by atoms with van der Waals surface area (Å²) >= 11 is 0. The van der Waals surface area contributed by atoms with Crippen molar-refractivity contribution >= 4 is 21.7 Å². The number of hydrogen-bond acceptors (Lipinski definition) is 0. The first-order chi connectivity index (χ1) is 9.83. The predicted octanol–water partition coefficient (Wildman–Crippen LogP) is 5.13. The normalized spacial score (nSPS) is 11.2. The van der Waals surface area contributed by atoms with E-state index in [0.29, 0.717) is 5.56 Å². The maximum absolute atomic E-state index is 13.9. The zero-order valence-corrected chi connectivity index (χ0v) is 10.7. The number of fused-ring (bicyclic) bond motifs is 3. The highest BCUT2D eigenvalue weighted by Crippen LogP contribution is 2.30. The lowest BCUT2D eigenvalue weighted by molar-refractivity contribution is 0.631. The molecule has 1 heterocycles. The molecule has 0 radical (unpaired) electrons. The molecule has 0 aliphatic carbocycles. The molecule has 0 saturated carbocycles. The third kappa shape index (κ3) is 1.62. The summed E-state index contributed by atoms with van der Waals surface area (Å²) in [5, 5.41) is 3.50. The van der Waals surface area contributed by atoms with Crippen molar-refractivity contribution in [2.75, 3.05) is 0 Å². The maximum atomic E-state index is 13.9. The number of aromatic nitrogens is 1. The monoisotopic (exact) mass is 261 g/mol. The van der Waals surface area contributed by atoms with Crippen LogP contribution in [0.2, 0.25) is 0 Å². The van der Waals surface area contributed by atoms with Crippen LogP contribution in [0.15, 0.2) is 66.7 Å². The minimum Gasteiger partial charge on any atom is -0.354 e. The van der Waals surface area contributed by atoms with Gasteiger partial charge in [-0.3, -0.25) is 0 Å². The van der Waals surface area contributed by atoms with Crippen LogP contribution in [0.1, 0.15) is 0 Å². The van der Waals surface area contributed by atoms with E-state index in [1.165, 1.54) is 16.8 Å². The van der Waals surface area contributed by atoms with E-state index in [2.05, 4.69) is 23.2 Å². The quantitative estimate of drug-likeness (QED) is 0.489. The van der Waals surface area contributed by atoms with Crippen molar-refractivity contribution in [2.24, 2.45) is 0 Å². The Hall–Kier alpha value is -2.61. The molecular formula is C18H12FN. The molecule has 0 saturated heterocycles. The van der Waals surface area contributed by atoms with Gasteiger partial charge in [-0.05, 0) is 35.0 Å². The zero-order valence-electron chi connectivity index (χ0n) is 10.7. The highest BCUT2D eigenvalue weighted by molar-refractivity contribution is 6.08.